The highest BCUT2D eigenvalue weighted by atomic mass is 16.5. The maximum absolute atomic E-state index is 10.7. The Bertz CT molecular complexity index is 549. The molecule has 2 nitrogen and oxygen atoms in total. The van der Waals surface area contributed by atoms with Crippen LogP contribution >= 0.6 is 0 Å². The zero-order valence-electron chi connectivity index (χ0n) is 9.89. The highest BCUT2D eigenvalue weighted by Gasteiger charge is 2.41. The third-order valence-electron chi connectivity index (χ3n) is 3.77. The molecule has 2 aromatic rings. The summed E-state index contributed by atoms with van der Waals surface area (Å²) < 4.78 is 5.48. The van der Waals surface area contributed by atoms with Crippen molar-refractivity contribution in [2.24, 2.45) is 0 Å². The minimum atomic E-state index is -0.829. The van der Waals surface area contributed by atoms with Gasteiger partial charge in [-0.25, -0.2) is 0 Å². The minimum Gasteiger partial charge on any atom is -0.382 e. The van der Waals surface area contributed by atoms with Gasteiger partial charge in [0.1, 0.15) is 5.60 Å². The quantitative estimate of drug-likeness (QED) is 0.813. The Hall–Kier alpha value is -1.38. The molecule has 17 heavy (non-hydrogen) atoms. The van der Waals surface area contributed by atoms with E-state index in [0.717, 1.165) is 10.9 Å². The molecule has 2 aromatic carbocycles. The number of hydrogen-bond donors (Lipinski definition) is 1. The van der Waals surface area contributed by atoms with Crippen molar-refractivity contribution < 1.29 is 9.84 Å². The lowest BCUT2D eigenvalue weighted by Gasteiger charge is -2.26. The smallest absolute Gasteiger partial charge is 0.118 e. The molecule has 0 spiro atoms. The molecule has 1 aliphatic heterocycles. The third kappa shape index (κ3) is 1.65. The van der Waals surface area contributed by atoms with E-state index in [1.165, 1.54) is 5.39 Å². The van der Waals surface area contributed by atoms with E-state index in [-0.39, 0.29) is 6.10 Å². The second kappa shape index (κ2) is 3.83. The van der Waals surface area contributed by atoms with Gasteiger partial charge in [0.2, 0.25) is 0 Å². The Labute approximate surface area is 101 Å². The Morgan fingerprint density at radius 3 is 2.65 bits per heavy atom. The first-order chi connectivity index (χ1) is 8.20. The largest absolute Gasteiger partial charge is 0.382 e. The van der Waals surface area contributed by atoms with Crippen molar-refractivity contribution in [1.82, 2.24) is 0 Å². The first-order valence-electron chi connectivity index (χ1n) is 6.03. The molecule has 3 rings (SSSR count). The van der Waals surface area contributed by atoms with E-state index >= 15 is 0 Å². The molecule has 2 heteroatoms. The zero-order chi connectivity index (χ0) is 11.9. The molecule has 2 unspecified atom stereocenters. The van der Waals surface area contributed by atoms with Crippen LogP contribution in [0.1, 0.15) is 18.9 Å². The molecule has 0 radical (unpaired) electrons. The van der Waals surface area contributed by atoms with Crippen LogP contribution in [0.3, 0.4) is 0 Å². The number of fused-ring (bicyclic) bond motifs is 1. The summed E-state index contributed by atoms with van der Waals surface area (Å²) in [5.74, 6) is 0. The number of hydrogen-bond acceptors (Lipinski definition) is 2. The predicted molar refractivity (Wildman–Crippen MR) is 67.9 cm³/mol. The molecule has 0 aliphatic carbocycles. The second-order valence-electron chi connectivity index (χ2n) is 4.75. The van der Waals surface area contributed by atoms with Gasteiger partial charge in [-0.3, -0.25) is 0 Å². The molecule has 1 saturated heterocycles. The van der Waals surface area contributed by atoms with Gasteiger partial charge in [0, 0.05) is 6.42 Å². The molecular weight excluding hydrogens is 212 g/mol. The minimum absolute atomic E-state index is 0.135. The standard InChI is InChI=1S/C15H16O2/c1-11-15(16,8-9-17-11)14-7-6-12-4-2-3-5-13(12)10-14/h2-7,10-11,16H,8-9H2,1H3. The second-order valence-corrected chi connectivity index (χ2v) is 4.75. The topological polar surface area (TPSA) is 29.5 Å². The Morgan fingerprint density at radius 2 is 1.94 bits per heavy atom. The SMILES string of the molecule is CC1OCCC1(O)c1ccc2ccccc2c1. The number of aliphatic hydroxyl groups is 1. The summed E-state index contributed by atoms with van der Waals surface area (Å²) >= 11 is 0. The van der Waals surface area contributed by atoms with Crippen LogP contribution in [0.15, 0.2) is 42.5 Å². The summed E-state index contributed by atoms with van der Waals surface area (Å²) in [6.07, 6.45) is 0.538. The number of benzene rings is 2. The Morgan fingerprint density at radius 1 is 1.18 bits per heavy atom. The molecule has 2 atom stereocenters. The van der Waals surface area contributed by atoms with Crippen molar-refractivity contribution in [3.8, 4) is 0 Å². The average molecular weight is 228 g/mol. The van der Waals surface area contributed by atoms with Gasteiger partial charge in [-0.2, -0.15) is 0 Å². The van der Waals surface area contributed by atoms with E-state index in [0.29, 0.717) is 13.0 Å². The molecular formula is C15H16O2. The van der Waals surface area contributed by atoms with E-state index in [1.54, 1.807) is 0 Å². The van der Waals surface area contributed by atoms with E-state index in [9.17, 15) is 5.11 Å². The summed E-state index contributed by atoms with van der Waals surface area (Å²) in [6, 6.07) is 14.3. The predicted octanol–water partition coefficient (Wildman–Crippen LogP) is 2.84. The van der Waals surface area contributed by atoms with Crippen molar-refractivity contribution in [1.29, 1.82) is 0 Å². The van der Waals surface area contributed by atoms with E-state index < -0.39 is 5.60 Å². The molecule has 1 fully saturated rings. The Kier molecular flexibility index (Phi) is 2.42. The highest BCUT2D eigenvalue weighted by Crippen LogP contribution is 2.36. The van der Waals surface area contributed by atoms with Crippen LogP contribution in [-0.2, 0) is 10.3 Å². The van der Waals surface area contributed by atoms with Crippen molar-refractivity contribution in [3.63, 3.8) is 0 Å². The van der Waals surface area contributed by atoms with Gasteiger partial charge in [-0.05, 0) is 29.3 Å². The van der Waals surface area contributed by atoms with Crippen LogP contribution in [0.5, 0.6) is 0 Å². The molecule has 0 bridgehead atoms. The fourth-order valence-corrected chi connectivity index (χ4v) is 2.57. The van der Waals surface area contributed by atoms with Crippen LogP contribution < -0.4 is 0 Å². The molecule has 1 N–H and O–H groups in total. The fraction of sp³-hybridized carbons (Fsp3) is 0.333. The molecule has 0 saturated carbocycles. The summed E-state index contributed by atoms with van der Waals surface area (Å²) in [5.41, 5.74) is 0.130. The summed E-state index contributed by atoms with van der Waals surface area (Å²) in [5, 5.41) is 13.0. The first kappa shape index (κ1) is 10.8. The van der Waals surface area contributed by atoms with Crippen LogP contribution in [0.25, 0.3) is 10.8 Å². The molecule has 1 heterocycles. The highest BCUT2D eigenvalue weighted by molar-refractivity contribution is 5.83. The first-order valence-corrected chi connectivity index (χ1v) is 6.03. The zero-order valence-corrected chi connectivity index (χ0v) is 9.89. The number of rotatable bonds is 1. The van der Waals surface area contributed by atoms with Crippen molar-refractivity contribution in [2.45, 2.75) is 25.0 Å². The van der Waals surface area contributed by atoms with Gasteiger partial charge in [0.25, 0.3) is 0 Å². The van der Waals surface area contributed by atoms with Gasteiger partial charge < -0.3 is 9.84 Å². The van der Waals surface area contributed by atoms with Crippen LogP contribution in [0, 0.1) is 0 Å². The lowest BCUT2D eigenvalue weighted by Crippen LogP contribution is -2.32. The Balaban J connectivity index is 2.12. The molecule has 88 valence electrons. The fourth-order valence-electron chi connectivity index (χ4n) is 2.57. The monoisotopic (exact) mass is 228 g/mol. The van der Waals surface area contributed by atoms with Gasteiger partial charge in [-0.15, -0.1) is 0 Å². The van der Waals surface area contributed by atoms with Gasteiger partial charge >= 0.3 is 0 Å². The lowest BCUT2D eigenvalue weighted by molar-refractivity contribution is -0.0316. The summed E-state index contributed by atoms with van der Waals surface area (Å²) in [6.45, 7) is 2.56. The molecule has 1 aliphatic rings. The third-order valence-corrected chi connectivity index (χ3v) is 3.77. The lowest BCUT2D eigenvalue weighted by atomic mass is 9.87. The van der Waals surface area contributed by atoms with Crippen molar-refractivity contribution in [3.05, 3.63) is 48.0 Å². The maximum Gasteiger partial charge on any atom is 0.118 e. The van der Waals surface area contributed by atoms with Crippen molar-refractivity contribution in [2.75, 3.05) is 6.61 Å². The van der Waals surface area contributed by atoms with E-state index in [1.807, 2.05) is 25.1 Å². The average Bonchev–Trinajstić information content (AvgIpc) is 2.70. The maximum atomic E-state index is 10.7. The molecule has 0 amide bonds. The van der Waals surface area contributed by atoms with E-state index in [2.05, 4.69) is 24.3 Å². The van der Waals surface area contributed by atoms with E-state index in [4.69, 9.17) is 4.74 Å². The van der Waals surface area contributed by atoms with Crippen LogP contribution in [-0.4, -0.2) is 17.8 Å². The number of ether oxygens (including phenoxy) is 1. The normalized spacial score (nSPS) is 28.7. The summed E-state index contributed by atoms with van der Waals surface area (Å²) in [4.78, 5) is 0. The van der Waals surface area contributed by atoms with Crippen LogP contribution in [0.4, 0.5) is 0 Å². The van der Waals surface area contributed by atoms with Gasteiger partial charge in [0.05, 0.1) is 12.7 Å². The van der Waals surface area contributed by atoms with Gasteiger partial charge in [0.15, 0.2) is 0 Å². The van der Waals surface area contributed by atoms with Gasteiger partial charge in [-0.1, -0.05) is 36.4 Å². The molecule has 0 aromatic heterocycles. The van der Waals surface area contributed by atoms with Crippen molar-refractivity contribution >= 4 is 10.8 Å². The van der Waals surface area contributed by atoms with Crippen LogP contribution in [0.2, 0.25) is 0 Å². The summed E-state index contributed by atoms with van der Waals surface area (Å²) in [7, 11) is 0.